The van der Waals surface area contributed by atoms with Gasteiger partial charge in [0.15, 0.2) is 0 Å². The molecule has 0 radical (unpaired) electrons. The lowest BCUT2D eigenvalue weighted by Gasteiger charge is -2.12. The minimum Gasteiger partial charge on any atom is -0.460 e. The molecule has 0 spiro atoms. The molecular formula is C14H26O3. The maximum Gasteiger partial charge on any atom is 0.308 e. The van der Waals surface area contributed by atoms with Crippen LogP contribution >= 0.6 is 0 Å². The predicted molar refractivity (Wildman–Crippen MR) is 67.7 cm³/mol. The van der Waals surface area contributed by atoms with Gasteiger partial charge in [-0.3, -0.25) is 4.79 Å². The molecule has 0 aliphatic carbocycles. The lowest BCUT2D eigenvalue weighted by atomic mass is 10.0. The summed E-state index contributed by atoms with van der Waals surface area (Å²) in [5.74, 6) is -0.248. The highest BCUT2D eigenvalue weighted by atomic mass is 16.6. The number of rotatable bonds is 9. The van der Waals surface area contributed by atoms with E-state index in [4.69, 9.17) is 4.74 Å². The SMILES string of the molecule is CCCCCCCCCCC1OC(=O)CC1O. The molecule has 1 rings (SSSR count). The van der Waals surface area contributed by atoms with E-state index in [1.807, 2.05) is 0 Å². The van der Waals surface area contributed by atoms with Crippen molar-refractivity contribution in [3.8, 4) is 0 Å². The molecule has 0 aromatic rings. The Bertz CT molecular complexity index is 216. The van der Waals surface area contributed by atoms with Crippen LogP contribution in [0.5, 0.6) is 0 Å². The van der Waals surface area contributed by atoms with Gasteiger partial charge in [0.05, 0.1) is 6.42 Å². The van der Waals surface area contributed by atoms with Crippen molar-refractivity contribution < 1.29 is 14.6 Å². The molecule has 0 aromatic heterocycles. The lowest BCUT2D eigenvalue weighted by Crippen LogP contribution is -2.20. The molecule has 2 atom stereocenters. The molecule has 3 nitrogen and oxygen atoms in total. The molecule has 2 unspecified atom stereocenters. The zero-order valence-corrected chi connectivity index (χ0v) is 11.0. The van der Waals surface area contributed by atoms with Gasteiger partial charge in [-0.1, -0.05) is 51.9 Å². The fraction of sp³-hybridized carbons (Fsp3) is 0.929. The Hall–Kier alpha value is -0.570. The van der Waals surface area contributed by atoms with Crippen LogP contribution in [-0.4, -0.2) is 23.3 Å². The first-order valence-corrected chi connectivity index (χ1v) is 7.11. The lowest BCUT2D eigenvalue weighted by molar-refractivity contribution is -0.142. The summed E-state index contributed by atoms with van der Waals surface area (Å²) in [4.78, 5) is 10.9. The fourth-order valence-corrected chi connectivity index (χ4v) is 2.33. The van der Waals surface area contributed by atoms with Crippen molar-refractivity contribution in [2.45, 2.75) is 83.3 Å². The van der Waals surface area contributed by atoms with Gasteiger partial charge < -0.3 is 9.84 Å². The highest BCUT2D eigenvalue weighted by Gasteiger charge is 2.32. The summed E-state index contributed by atoms with van der Waals surface area (Å²) in [6, 6.07) is 0. The monoisotopic (exact) mass is 242 g/mol. The Morgan fingerprint density at radius 2 is 1.71 bits per heavy atom. The van der Waals surface area contributed by atoms with Crippen LogP contribution in [0.4, 0.5) is 0 Å². The predicted octanol–water partition coefficient (Wildman–Crippen LogP) is 3.19. The number of aliphatic hydroxyl groups excluding tert-OH is 1. The number of carbonyl (C=O) groups is 1. The number of aliphatic hydroxyl groups is 1. The Morgan fingerprint density at radius 1 is 1.12 bits per heavy atom. The molecule has 17 heavy (non-hydrogen) atoms. The summed E-state index contributed by atoms with van der Waals surface area (Å²) in [6.45, 7) is 2.23. The number of carbonyl (C=O) groups excluding carboxylic acids is 1. The summed E-state index contributed by atoms with van der Waals surface area (Å²) in [5, 5.41) is 9.51. The molecule has 3 heteroatoms. The highest BCUT2D eigenvalue weighted by molar-refractivity contribution is 5.72. The molecule has 100 valence electrons. The van der Waals surface area contributed by atoms with E-state index in [-0.39, 0.29) is 18.5 Å². The number of hydrogen-bond acceptors (Lipinski definition) is 3. The van der Waals surface area contributed by atoms with Crippen LogP contribution in [0.15, 0.2) is 0 Å². The van der Waals surface area contributed by atoms with Gasteiger partial charge in [-0.25, -0.2) is 0 Å². The molecule has 1 N–H and O–H groups in total. The summed E-state index contributed by atoms with van der Waals surface area (Å²) in [6.07, 6.45) is 10.4. The first-order chi connectivity index (χ1) is 8.24. The zero-order chi connectivity index (χ0) is 12.5. The number of unbranched alkanes of at least 4 members (excludes halogenated alkanes) is 7. The van der Waals surface area contributed by atoms with Crippen LogP contribution in [0.2, 0.25) is 0 Å². The largest absolute Gasteiger partial charge is 0.460 e. The zero-order valence-electron chi connectivity index (χ0n) is 11.0. The molecule has 1 aliphatic heterocycles. The summed E-state index contributed by atoms with van der Waals surface area (Å²) in [7, 11) is 0. The summed E-state index contributed by atoms with van der Waals surface area (Å²) in [5.41, 5.74) is 0. The third-order valence-electron chi connectivity index (χ3n) is 3.43. The fourth-order valence-electron chi connectivity index (χ4n) is 2.33. The minimum atomic E-state index is -0.563. The molecule has 1 heterocycles. The van der Waals surface area contributed by atoms with Gasteiger partial charge in [-0.15, -0.1) is 0 Å². The van der Waals surface area contributed by atoms with Crippen LogP contribution in [0.1, 0.15) is 71.1 Å². The molecule has 0 saturated carbocycles. The van der Waals surface area contributed by atoms with Gasteiger partial charge in [0, 0.05) is 0 Å². The molecule has 1 aliphatic rings. The second kappa shape index (κ2) is 8.51. The van der Waals surface area contributed by atoms with E-state index in [0.29, 0.717) is 0 Å². The standard InChI is InChI=1S/C14H26O3/c1-2-3-4-5-6-7-8-9-10-13-12(15)11-14(16)17-13/h12-13,15H,2-11H2,1H3. The molecule has 0 bridgehead atoms. The molecule has 0 aromatic carbocycles. The van der Waals surface area contributed by atoms with Gasteiger partial charge >= 0.3 is 5.97 Å². The quantitative estimate of drug-likeness (QED) is 0.499. The van der Waals surface area contributed by atoms with Gasteiger partial charge in [-0.2, -0.15) is 0 Å². The van der Waals surface area contributed by atoms with E-state index in [1.165, 1.54) is 44.9 Å². The smallest absolute Gasteiger partial charge is 0.308 e. The Morgan fingerprint density at radius 3 is 2.24 bits per heavy atom. The van der Waals surface area contributed by atoms with Crippen LogP contribution in [0.3, 0.4) is 0 Å². The van der Waals surface area contributed by atoms with Crippen molar-refractivity contribution in [3.05, 3.63) is 0 Å². The second-order valence-electron chi connectivity index (χ2n) is 5.06. The van der Waals surface area contributed by atoms with Crippen molar-refractivity contribution in [2.75, 3.05) is 0 Å². The topological polar surface area (TPSA) is 46.5 Å². The average Bonchev–Trinajstić information content (AvgIpc) is 2.61. The third kappa shape index (κ3) is 6.06. The van der Waals surface area contributed by atoms with Crippen LogP contribution in [0.25, 0.3) is 0 Å². The van der Waals surface area contributed by atoms with Crippen molar-refractivity contribution in [3.63, 3.8) is 0 Å². The van der Waals surface area contributed by atoms with Crippen LogP contribution in [0, 0.1) is 0 Å². The van der Waals surface area contributed by atoms with E-state index in [0.717, 1.165) is 12.8 Å². The van der Waals surface area contributed by atoms with Crippen molar-refractivity contribution in [1.29, 1.82) is 0 Å². The van der Waals surface area contributed by atoms with Gasteiger partial charge in [0.25, 0.3) is 0 Å². The van der Waals surface area contributed by atoms with Crippen molar-refractivity contribution >= 4 is 5.97 Å². The number of esters is 1. The van der Waals surface area contributed by atoms with Gasteiger partial charge in [0.1, 0.15) is 12.2 Å². The van der Waals surface area contributed by atoms with Crippen molar-refractivity contribution in [1.82, 2.24) is 0 Å². The van der Waals surface area contributed by atoms with Gasteiger partial charge in [0.2, 0.25) is 0 Å². The van der Waals surface area contributed by atoms with E-state index in [9.17, 15) is 9.90 Å². The molecule has 0 amide bonds. The van der Waals surface area contributed by atoms with Gasteiger partial charge in [-0.05, 0) is 12.8 Å². The Kier molecular flexibility index (Phi) is 7.25. The Labute approximate surface area is 105 Å². The van der Waals surface area contributed by atoms with E-state index < -0.39 is 6.10 Å². The first-order valence-electron chi connectivity index (χ1n) is 7.11. The second-order valence-corrected chi connectivity index (χ2v) is 5.06. The maximum atomic E-state index is 10.9. The molecular weight excluding hydrogens is 216 g/mol. The number of ether oxygens (including phenoxy) is 1. The maximum absolute atomic E-state index is 10.9. The Balaban J connectivity index is 1.89. The van der Waals surface area contributed by atoms with Crippen LogP contribution < -0.4 is 0 Å². The van der Waals surface area contributed by atoms with Crippen LogP contribution in [-0.2, 0) is 9.53 Å². The normalized spacial score (nSPS) is 24.0. The van der Waals surface area contributed by atoms with E-state index in [1.54, 1.807) is 0 Å². The summed E-state index contributed by atoms with van der Waals surface area (Å²) >= 11 is 0. The average molecular weight is 242 g/mol. The number of hydrogen-bond donors (Lipinski definition) is 1. The molecule has 1 saturated heterocycles. The summed E-state index contributed by atoms with van der Waals surface area (Å²) < 4.78 is 5.04. The minimum absolute atomic E-state index is 0.182. The van der Waals surface area contributed by atoms with E-state index in [2.05, 4.69) is 6.92 Å². The third-order valence-corrected chi connectivity index (χ3v) is 3.43. The number of cyclic esters (lactones) is 1. The van der Waals surface area contributed by atoms with Crippen molar-refractivity contribution in [2.24, 2.45) is 0 Å². The molecule has 1 fully saturated rings. The highest BCUT2D eigenvalue weighted by Crippen LogP contribution is 2.20. The van der Waals surface area contributed by atoms with E-state index >= 15 is 0 Å². The first kappa shape index (κ1) is 14.5.